The maximum atomic E-state index is 14.0. The molecule has 4 aromatic carbocycles. The van der Waals surface area contributed by atoms with Gasteiger partial charge in [0.05, 0.1) is 11.6 Å². The third kappa shape index (κ3) is 5.53. The maximum Gasteiger partial charge on any atom is 0.342 e. The molecular formula is C30H25ClFO4P. The molecular weight excluding hydrogens is 510 g/mol. The van der Waals surface area contributed by atoms with Crippen LogP contribution in [-0.2, 0) is 14.3 Å². The molecule has 4 rings (SSSR count). The fraction of sp³-hybridized carbons (Fsp3) is 0.100. The summed E-state index contributed by atoms with van der Waals surface area (Å²) in [4.78, 5) is 27.7. The third-order valence-electron chi connectivity index (χ3n) is 5.76. The van der Waals surface area contributed by atoms with E-state index in [9.17, 15) is 14.0 Å². The van der Waals surface area contributed by atoms with Gasteiger partial charge < -0.3 is 9.47 Å². The molecule has 7 heteroatoms. The quantitative estimate of drug-likeness (QED) is 0.169. The first-order valence-corrected chi connectivity index (χ1v) is 13.9. The van der Waals surface area contributed by atoms with Crippen molar-refractivity contribution in [2.75, 3.05) is 13.2 Å². The Kier molecular flexibility index (Phi) is 8.60. The first kappa shape index (κ1) is 26.4. The van der Waals surface area contributed by atoms with E-state index in [2.05, 4.69) is 0 Å². The molecule has 0 aliphatic rings. The molecule has 0 aromatic heterocycles. The molecule has 37 heavy (non-hydrogen) atoms. The molecule has 0 bridgehead atoms. The molecule has 0 aliphatic heterocycles. The molecule has 0 aliphatic carbocycles. The molecule has 0 fully saturated rings. The van der Waals surface area contributed by atoms with Crippen molar-refractivity contribution in [2.45, 2.75) is 6.92 Å². The largest absolute Gasteiger partial charge is 0.485 e. The van der Waals surface area contributed by atoms with E-state index < -0.39 is 31.1 Å². The summed E-state index contributed by atoms with van der Waals surface area (Å²) in [6.07, 6.45) is 0. The SMILES string of the molecule is CCOC(=O)C(C(=O)COc1ccc(F)c(Cl)c1)=P(c1ccccc1)(c1ccccc1)c1ccccc1. The number of carbonyl (C=O) groups excluding carboxylic acids is 2. The summed E-state index contributed by atoms with van der Waals surface area (Å²) in [5, 5.41) is 2.38. The van der Waals surface area contributed by atoms with Crippen molar-refractivity contribution in [3.63, 3.8) is 0 Å². The summed E-state index contributed by atoms with van der Waals surface area (Å²) in [7, 11) is 0. The van der Waals surface area contributed by atoms with E-state index in [4.69, 9.17) is 21.1 Å². The molecule has 4 nitrogen and oxygen atoms in total. The van der Waals surface area contributed by atoms with Gasteiger partial charge in [-0.15, -0.1) is 0 Å². The molecule has 0 N–H and O–H groups in total. The Bertz CT molecular complexity index is 1340. The van der Waals surface area contributed by atoms with E-state index >= 15 is 0 Å². The van der Waals surface area contributed by atoms with Crippen molar-refractivity contribution in [2.24, 2.45) is 0 Å². The second kappa shape index (κ2) is 12.1. The zero-order chi connectivity index (χ0) is 26.3. The van der Waals surface area contributed by atoms with Crippen LogP contribution in [0.15, 0.2) is 109 Å². The van der Waals surface area contributed by atoms with Crippen LogP contribution in [0.3, 0.4) is 0 Å². The van der Waals surface area contributed by atoms with Gasteiger partial charge in [-0.3, -0.25) is 4.79 Å². The second-order valence-electron chi connectivity index (χ2n) is 8.03. The molecule has 0 saturated carbocycles. The summed E-state index contributed by atoms with van der Waals surface area (Å²) in [6.45, 7) is -1.67. The van der Waals surface area contributed by atoms with Crippen molar-refractivity contribution < 1.29 is 23.5 Å². The topological polar surface area (TPSA) is 52.6 Å². The lowest BCUT2D eigenvalue weighted by Crippen LogP contribution is -2.40. The van der Waals surface area contributed by atoms with Crippen molar-refractivity contribution in [3.8, 4) is 5.75 Å². The molecule has 0 atom stereocenters. The maximum absolute atomic E-state index is 14.0. The Morgan fingerprint density at radius 1 is 0.784 bits per heavy atom. The fourth-order valence-corrected chi connectivity index (χ4v) is 8.69. The van der Waals surface area contributed by atoms with Crippen LogP contribution in [0.2, 0.25) is 5.02 Å². The highest BCUT2D eigenvalue weighted by Crippen LogP contribution is 2.46. The monoisotopic (exact) mass is 534 g/mol. The molecule has 0 amide bonds. The summed E-state index contributed by atoms with van der Waals surface area (Å²) >= 11 is 5.88. The lowest BCUT2D eigenvalue weighted by Gasteiger charge is -2.31. The number of ketones is 1. The van der Waals surface area contributed by atoms with Gasteiger partial charge in [-0.25, -0.2) is 9.18 Å². The smallest absolute Gasteiger partial charge is 0.342 e. The highest BCUT2D eigenvalue weighted by Gasteiger charge is 2.37. The van der Waals surface area contributed by atoms with Crippen LogP contribution in [0, 0.1) is 5.82 Å². The standard InChI is InChI=1S/C30H25ClFO4P/c1-2-35-30(34)29(28(33)21-36-22-18-19-27(32)26(31)20-22)37(23-12-6-3-7-13-23,24-14-8-4-9-15-24)25-16-10-5-11-17-25/h3-20H,2,21H2,1H3. The van der Waals surface area contributed by atoms with Crippen LogP contribution < -0.4 is 20.7 Å². The Morgan fingerprint density at radius 2 is 1.27 bits per heavy atom. The normalized spacial score (nSPS) is 11.0. The number of Topliss-reactive ketones (excluding diaryl/α,β-unsaturated/α-hetero) is 1. The molecule has 0 heterocycles. The van der Waals surface area contributed by atoms with E-state index in [0.717, 1.165) is 22.0 Å². The van der Waals surface area contributed by atoms with Crippen LogP contribution in [0.1, 0.15) is 6.92 Å². The molecule has 0 spiro atoms. The number of hydrogen-bond acceptors (Lipinski definition) is 4. The number of ether oxygens (including phenoxy) is 2. The number of hydrogen-bond donors (Lipinski definition) is 0. The van der Waals surface area contributed by atoms with Gasteiger partial charge >= 0.3 is 5.97 Å². The Balaban J connectivity index is 2.02. The molecule has 188 valence electrons. The number of carbonyl (C=O) groups is 2. The first-order chi connectivity index (χ1) is 18.0. The molecule has 0 saturated heterocycles. The van der Waals surface area contributed by atoms with Crippen molar-refractivity contribution in [3.05, 3.63) is 120 Å². The molecule has 0 unspecified atom stereocenters. The van der Waals surface area contributed by atoms with Gasteiger partial charge in [0, 0.05) is 6.07 Å². The predicted octanol–water partition coefficient (Wildman–Crippen LogP) is 5.16. The van der Waals surface area contributed by atoms with Gasteiger partial charge in [0.15, 0.2) is 6.61 Å². The van der Waals surface area contributed by atoms with E-state index in [0.29, 0.717) is 0 Å². The molecule has 0 radical (unpaired) electrons. The third-order valence-corrected chi connectivity index (χ3v) is 10.4. The summed E-state index contributed by atoms with van der Waals surface area (Å²) < 4.78 is 24.8. The van der Waals surface area contributed by atoms with Crippen molar-refractivity contribution >= 4 is 51.4 Å². The number of rotatable bonds is 9. The summed E-state index contributed by atoms with van der Waals surface area (Å²) in [5.74, 6) is -1.60. The van der Waals surface area contributed by atoms with Crippen LogP contribution in [0.4, 0.5) is 4.39 Å². The average molecular weight is 535 g/mol. The van der Waals surface area contributed by atoms with Gasteiger partial charge in [0.1, 0.15) is 16.9 Å². The average Bonchev–Trinajstić information content (AvgIpc) is 2.93. The Morgan fingerprint density at radius 3 is 1.70 bits per heavy atom. The number of esters is 1. The highest BCUT2D eigenvalue weighted by atomic mass is 35.5. The van der Waals surface area contributed by atoms with Gasteiger partial charge in [-0.1, -0.05) is 103 Å². The minimum Gasteiger partial charge on any atom is -0.485 e. The van der Waals surface area contributed by atoms with Crippen LogP contribution in [0.5, 0.6) is 5.75 Å². The minimum atomic E-state index is -3.02. The van der Waals surface area contributed by atoms with Crippen molar-refractivity contribution in [1.82, 2.24) is 0 Å². The Labute approximate surface area is 220 Å². The Hall–Kier alpha value is -3.66. The fourth-order valence-electron chi connectivity index (χ4n) is 4.21. The van der Waals surface area contributed by atoms with Gasteiger partial charge in [0.25, 0.3) is 0 Å². The van der Waals surface area contributed by atoms with Crippen LogP contribution >= 0.6 is 18.5 Å². The van der Waals surface area contributed by atoms with Crippen LogP contribution in [0.25, 0.3) is 0 Å². The second-order valence-corrected chi connectivity index (χ2v) is 11.8. The zero-order valence-electron chi connectivity index (χ0n) is 20.1. The summed E-state index contributed by atoms with van der Waals surface area (Å²) in [6, 6.07) is 32.4. The van der Waals surface area contributed by atoms with Gasteiger partial charge in [0.2, 0.25) is 5.78 Å². The number of halogens is 2. The van der Waals surface area contributed by atoms with E-state index in [1.165, 1.54) is 12.1 Å². The highest BCUT2D eigenvalue weighted by molar-refractivity contribution is 7.97. The van der Waals surface area contributed by atoms with Gasteiger partial charge in [-0.2, -0.15) is 0 Å². The zero-order valence-corrected chi connectivity index (χ0v) is 21.8. The minimum absolute atomic E-state index is 0.0196. The van der Waals surface area contributed by atoms with E-state index in [-0.39, 0.29) is 22.7 Å². The predicted molar refractivity (Wildman–Crippen MR) is 149 cm³/mol. The van der Waals surface area contributed by atoms with E-state index in [1.807, 2.05) is 91.0 Å². The van der Waals surface area contributed by atoms with Gasteiger partial charge in [-0.05, 0) is 41.9 Å². The van der Waals surface area contributed by atoms with Crippen LogP contribution in [-0.4, -0.2) is 30.3 Å². The lowest BCUT2D eigenvalue weighted by molar-refractivity contribution is -0.135. The molecule has 4 aromatic rings. The lowest BCUT2D eigenvalue weighted by atomic mass is 10.3. The number of benzene rings is 4. The van der Waals surface area contributed by atoms with E-state index in [1.54, 1.807) is 6.92 Å². The van der Waals surface area contributed by atoms with Crippen molar-refractivity contribution in [1.29, 1.82) is 0 Å². The first-order valence-electron chi connectivity index (χ1n) is 11.7. The summed E-state index contributed by atoms with van der Waals surface area (Å²) in [5.41, 5.74) is 0.